The van der Waals surface area contributed by atoms with Crippen LogP contribution in [0.4, 0.5) is 0 Å². The molecule has 0 saturated carbocycles. The molecule has 80 valence electrons. The van der Waals surface area contributed by atoms with Crippen LogP contribution in [0.3, 0.4) is 0 Å². The first-order chi connectivity index (χ1) is 7.02. The van der Waals surface area contributed by atoms with Crippen molar-refractivity contribution in [2.45, 2.75) is 13.5 Å². The third-order valence-corrected chi connectivity index (χ3v) is 2.96. The third kappa shape index (κ3) is 3.15. The van der Waals surface area contributed by atoms with E-state index in [0.717, 1.165) is 6.08 Å². The minimum Gasteiger partial charge on any atom is -0.478 e. The van der Waals surface area contributed by atoms with Crippen molar-refractivity contribution in [2.75, 3.05) is 0 Å². The highest BCUT2D eigenvalue weighted by atomic mass is 127. The number of allylic oxidation sites excluding steroid dienone is 1. The number of aromatic nitrogens is 2. The van der Waals surface area contributed by atoms with Crippen LogP contribution < -0.4 is 5.56 Å². The van der Waals surface area contributed by atoms with Crippen LogP contribution in [0.1, 0.15) is 5.69 Å². The molecule has 0 aromatic carbocycles. The Balaban J connectivity index is 2.93. The predicted octanol–water partition coefficient (Wildman–Crippen LogP) is 0.797. The van der Waals surface area contributed by atoms with Crippen LogP contribution in [0.5, 0.6) is 0 Å². The summed E-state index contributed by atoms with van der Waals surface area (Å²) in [6.07, 6.45) is 3.81. The van der Waals surface area contributed by atoms with E-state index >= 15 is 0 Å². The number of carbonyl (C=O) groups is 1. The van der Waals surface area contributed by atoms with Crippen molar-refractivity contribution >= 4 is 28.6 Å². The van der Waals surface area contributed by atoms with Crippen LogP contribution >= 0.6 is 22.6 Å². The molecule has 0 fully saturated rings. The van der Waals surface area contributed by atoms with Crippen molar-refractivity contribution in [3.05, 3.63) is 38.1 Å². The van der Waals surface area contributed by atoms with Gasteiger partial charge in [0, 0.05) is 12.6 Å². The molecule has 1 aromatic rings. The highest BCUT2D eigenvalue weighted by Gasteiger charge is 2.03. The van der Waals surface area contributed by atoms with Gasteiger partial charge < -0.3 is 5.11 Å². The van der Waals surface area contributed by atoms with Crippen molar-refractivity contribution in [3.8, 4) is 0 Å². The Hall–Kier alpha value is -1.18. The first-order valence-corrected chi connectivity index (χ1v) is 5.21. The van der Waals surface area contributed by atoms with Gasteiger partial charge in [-0.25, -0.2) is 9.78 Å². The maximum Gasteiger partial charge on any atom is 0.328 e. The predicted molar refractivity (Wildman–Crippen MR) is 62.7 cm³/mol. The highest BCUT2D eigenvalue weighted by Crippen LogP contribution is 2.01. The summed E-state index contributed by atoms with van der Waals surface area (Å²) in [5.41, 5.74) is 0.525. The number of carboxylic acids is 1. The zero-order chi connectivity index (χ0) is 11.4. The quantitative estimate of drug-likeness (QED) is 0.660. The van der Waals surface area contributed by atoms with Crippen LogP contribution in [0.25, 0.3) is 0 Å². The number of rotatable bonds is 3. The van der Waals surface area contributed by atoms with Gasteiger partial charge in [-0.05, 0) is 29.5 Å². The number of halogens is 1. The fourth-order valence-electron chi connectivity index (χ4n) is 0.943. The second-order valence-corrected chi connectivity index (χ2v) is 3.92. The molecule has 0 bridgehead atoms. The van der Waals surface area contributed by atoms with E-state index < -0.39 is 5.97 Å². The fourth-order valence-corrected chi connectivity index (χ4v) is 1.39. The van der Waals surface area contributed by atoms with Crippen LogP contribution in [-0.2, 0) is 11.3 Å². The van der Waals surface area contributed by atoms with Gasteiger partial charge in [0.15, 0.2) is 0 Å². The molecule has 5 nitrogen and oxygen atoms in total. The van der Waals surface area contributed by atoms with Crippen LogP contribution in [-0.4, -0.2) is 20.6 Å². The SMILES string of the molecule is Cc1ncn(C/C=C/C(=O)O)c(=O)c1I. The van der Waals surface area contributed by atoms with Crippen molar-refractivity contribution < 1.29 is 9.90 Å². The Morgan fingerprint density at radius 1 is 1.73 bits per heavy atom. The standard InChI is InChI=1S/C9H9IN2O3/c1-6-8(10)9(15)12(5-11-6)4-2-3-7(13)14/h2-3,5H,4H2,1H3,(H,13,14)/b3-2+. The summed E-state index contributed by atoms with van der Waals surface area (Å²) < 4.78 is 1.91. The Morgan fingerprint density at radius 2 is 2.40 bits per heavy atom. The number of carboxylic acid groups (broad SMARTS) is 1. The van der Waals surface area contributed by atoms with Crippen molar-refractivity contribution in [1.29, 1.82) is 0 Å². The molecule has 0 unspecified atom stereocenters. The number of hydrogen-bond donors (Lipinski definition) is 1. The number of nitrogens with zero attached hydrogens (tertiary/aromatic N) is 2. The van der Waals surface area contributed by atoms with Gasteiger partial charge in [0.2, 0.25) is 0 Å². The Bertz CT molecular complexity index is 465. The lowest BCUT2D eigenvalue weighted by molar-refractivity contribution is -0.131. The highest BCUT2D eigenvalue weighted by molar-refractivity contribution is 14.1. The second kappa shape index (κ2) is 5.06. The van der Waals surface area contributed by atoms with E-state index in [9.17, 15) is 9.59 Å². The molecule has 0 amide bonds. The average Bonchev–Trinajstić information content (AvgIpc) is 2.18. The topological polar surface area (TPSA) is 72.2 Å². The molecular formula is C9H9IN2O3. The van der Waals surface area contributed by atoms with Crippen LogP contribution in [0.15, 0.2) is 23.3 Å². The van der Waals surface area contributed by atoms with E-state index in [2.05, 4.69) is 4.98 Å². The van der Waals surface area contributed by atoms with Gasteiger partial charge in [-0.15, -0.1) is 0 Å². The summed E-state index contributed by atoms with van der Waals surface area (Å²) in [6.45, 7) is 1.97. The summed E-state index contributed by atoms with van der Waals surface area (Å²) in [7, 11) is 0. The summed E-state index contributed by atoms with van der Waals surface area (Å²) in [5, 5.41) is 8.37. The van der Waals surface area contributed by atoms with Crippen molar-refractivity contribution in [2.24, 2.45) is 0 Å². The van der Waals surface area contributed by atoms with E-state index in [-0.39, 0.29) is 12.1 Å². The maximum absolute atomic E-state index is 11.6. The Morgan fingerprint density at radius 3 is 3.00 bits per heavy atom. The van der Waals surface area contributed by atoms with Gasteiger partial charge in [0.1, 0.15) is 0 Å². The third-order valence-electron chi connectivity index (χ3n) is 1.72. The van der Waals surface area contributed by atoms with Crippen LogP contribution in [0, 0.1) is 10.5 Å². The molecule has 0 saturated heterocycles. The minimum absolute atomic E-state index is 0.155. The largest absolute Gasteiger partial charge is 0.478 e. The lowest BCUT2D eigenvalue weighted by atomic mass is 10.4. The Labute approximate surface area is 99.6 Å². The molecule has 0 aliphatic rings. The molecule has 1 N–H and O–H groups in total. The summed E-state index contributed by atoms with van der Waals surface area (Å²) in [5.74, 6) is -1.03. The fraction of sp³-hybridized carbons (Fsp3) is 0.222. The number of hydrogen-bond acceptors (Lipinski definition) is 3. The van der Waals surface area contributed by atoms with Gasteiger partial charge in [-0.1, -0.05) is 6.08 Å². The number of aryl methyl sites for hydroxylation is 1. The molecule has 1 aromatic heterocycles. The molecule has 0 aliphatic carbocycles. The molecule has 1 rings (SSSR count). The van der Waals surface area contributed by atoms with E-state index in [1.807, 2.05) is 22.6 Å². The molecule has 0 atom stereocenters. The Kier molecular flexibility index (Phi) is 4.01. The zero-order valence-electron chi connectivity index (χ0n) is 7.98. The smallest absolute Gasteiger partial charge is 0.328 e. The maximum atomic E-state index is 11.6. The first-order valence-electron chi connectivity index (χ1n) is 4.13. The van der Waals surface area contributed by atoms with Crippen LogP contribution in [0.2, 0.25) is 0 Å². The monoisotopic (exact) mass is 320 g/mol. The molecule has 0 radical (unpaired) electrons. The lowest BCUT2D eigenvalue weighted by Crippen LogP contribution is -2.23. The van der Waals surface area contributed by atoms with E-state index in [4.69, 9.17) is 5.11 Å². The lowest BCUT2D eigenvalue weighted by Gasteiger charge is -2.02. The number of aliphatic carboxylic acids is 1. The van der Waals surface area contributed by atoms with Gasteiger partial charge in [-0.2, -0.15) is 0 Å². The summed E-state index contributed by atoms with van der Waals surface area (Å²) in [4.78, 5) is 25.8. The minimum atomic E-state index is -1.03. The van der Waals surface area contributed by atoms with Crippen molar-refractivity contribution in [3.63, 3.8) is 0 Å². The van der Waals surface area contributed by atoms with Gasteiger partial charge in [-0.3, -0.25) is 9.36 Å². The van der Waals surface area contributed by atoms with Gasteiger partial charge in [0.05, 0.1) is 15.6 Å². The molecule has 0 aliphatic heterocycles. The normalized spacial score (nSPS) is 10.8. The molecule has 6 heteroatoms. The molecule has 0 spiro atoms. The zero-order valence-corrected chi connectivity index (χ0v) is 10.1. The molecule has 15 heavy (non-hydrogen) atoms. The molecule has 1 heterocycles. The van der Waals surface area contributed by atoms with Gasteiger partial charge >= 0.3 is 5.97 Å². The summed E-state index contributed by atoms with van der Waals surface area (Å²) in [6, 6.07) is 0. The van der Waals surface area contributed by atoms with Gasteiger partial charge in [0.25, 0.3) is 5.56 Å². The van der Waals surface area contributed by atoms with E-state index in [0.29, 0.717) is 9.26 Å². The second-order valence-electron chi connectivity index (χ2n) is 2.84. The van der Waals surface area contributed by atoms with E-state index in [1.165, 1.54) is 17.0 Å². The molecular weight excluding hydrogens is 311 g/mol. The van der Waals surface area contributed by atoms with Crippen molar-refractivity contribution in [1.82, 2.24) is 9.55 Å². The van der Waals surface area contributed by atoms with E-state index in [1.54, 1.807) is 6.92 Å². The summed E-state index contributed by atoms with van der Waals surface area (Å²) >= 11 is 1.92. The average molecular weight is 320 g/mol. The first kappa shape index (κ1) is 11.9.